The van der Waals surface area contributed by atoms with Gasteiger partial charge in [0.2, 0.25) is 0 Å². The van der Waals surface area contributed by atoms with E-state index in [4.69, 9.17) is 5.11 Å². The molecule has 19 heavy (non-hydrogen) atoms. The van der Waals surface area contributed by atoms with Crippen LogP contribution in [-0.4, -0.2) is 34.9 Å². The molecule has 0 fully saturated rings. The normalized spacial score (nSPS) is 12.2. The van der Waals surface area contributed by atoms with E-state index in [2.05, 4.69) is 19.2 Å². The lowest BCUT2D eigenvalue weighted by Crippen LogP contribution is -2.42. The Bertz CT molecular complexity index is 448. The number of carboxylic acid groups (broad SMARTS) is 1. The van der Waals surface area contributed by atoms with Gasteiger partial charge >= 0.3 is 5.97 Å². The van der Waals surface area contributed by atoms with Crippen LogP contribution in [0.1, 0.15) is 24.2 Å². The number of carbonyl (C=O) groups excluding carboxylic acids is 1. The quantitative estimate of drug-likeness (QED) is 0.787. The smallest absolute Gasteiger partial charge is 0.328 e. The van der Waals surface area contributed by atoms with Gasteiger partial charge in [0.1, 0.15) is 6.67 Å². The summed E-state index contributed by atoms with van der Waals surface area (Å²) in [7, 11) is 0. The van der Waals surface area contributed by atoms with Crippen LogP contribution in [0.4, 0.5) is 4.39 Å². The minimum atomic E-state index is -1.50. The van der Waals surface area contributed by atoms with Crippen LogP contribution >= 0.6 is 11.8 Å². The first kappa shape index (κ1) is 15.5. The van der Waals surface area contributed by atoms with E-state index >= 15 is 0 Å². The number of alkyl halides is 1. The maximum atomic E-state index is 12.4. The Labute approximate surface area is 115 Å². The number of carboxylic acids is 1. The van der Waals surface area contributed by atoms with Crippen molar-refractivity contribution in [1.29, 1.82) is 0 Å². The van der Waals surface area contributed by atoms with Crippen LogP contribution in [0.25, 0.3) is 0 Å². The van der Waals surface area contributed by atoms with Gasteiger partial charge in [0.05, 0.1) is 0 Å². The van der Waals surface area contributed by atoms with E-state index in [9.17, 15) is 14.0 Å². The highest BCUT2D eigenvalue weighted by molar-refractivity contribution is 7.99. The number of amides is 1. The largest absolute Gasteiger partial charge is 0.480 e. The fraction of sp³-hybridized carbons (Fsp3) is 0.385. The van der Waals surface area contributed by atoms with Crippen LogP contribution in [0.2, 0.25) is 0 Å². The van der Waals surface area contributed by atoms with Crippen molar-refractivity contribution in [3.63, 3.8) is 0 Å². The number of hydrogen-bond acceptors (Lipinski definition) is 3. The predicted octanol–water partition coefficient (Wildman–Crippen LogP) is 2.34. The van der Waals surface area contributed by atoms with Gasteiger partial charge in [-0.05, 0) is 24.3 Å². The maximum Gasteiger partial charge on any atom is 0.328 e. The first-order chi connectivity index (χ1) is 8.93. The van der Waals surface area contributed by atoms with E-state index in [0.29, 0.717) is 10.8 Å². The molecule has 1 aromatic carbocycles. The summed E-state index contributed by atoms with van der Waals surface area (Å²) in [6.45, 7) is 2.98. The summed E-state index contributed by atoms with van der Waals surface area (Å²) in [4.78, 5) is 23.3. The van der Waals surface area contributed by atoms with Gasteiger partial charge < -0.3 is 10.4 Å². The molecule has 4 nitrogen and oxygen atoms in total. The first-order valence-electron chi connectivity index (χ1n) is 5.80. The minimum absolute atomic E-state index is 0.313. The molecule has 1 amide bonds. The van der Waals surface area contributed by atoms with E-state index in [-0.39, 0.29) is 0 Å². The van der Waals surface area contributed by atoms with Crippen molar-refractivity contribution in [3.05, 3.63) is 29.8 Å². The lowest BCUT2D eigenvalue weighted by atomic mass is 10.2. The minimum Gasteiger partial charge on any atom is -0.480 e. The average molecular weight is 285 g/mol. The molecule has 6 heteroatoms. The second-order valence-electron chi connectivity index (χ2n) is 4.21. The SMILES string of the molecule is CC(C)Sc1ccc(C(=O)NC(CF)C(=O)O)cc1. The highest BCUT2D eigenvalue weighted by Crippen LogP contribution is 2.22. The molecule has 1 aromatic rings. The monoisotopic (exact) mass is 285 g/mol. The Morgan fingerprint density at radius 3 is 2.32 bits per heavy atom. The van der Waals surface area contributed by atoms with E-state index in [1.54, 1.807) is 36.0 Å². The predicted molar refractivity (Wildman–Crippen MR) is 72.3 cm³/mol. The summed E-state index contributed by atoms with van der Waals surface area (Å²) in [5, 5.41) is 11.2. The lowest BCUT2D eigenvalue weighted by molar-refractivity contribution is -0.139. The third kappa shape index (κ3) is 4.90. The molecule has 0 saturated carbocycles. The molecule has 0 aliphatic carbocycles. The highest BCUT2D eigenvalue weighted by Gasteiger charge is 2.20. The van der Waals surface area contributed by atoms with Gasteiger partial charge in [-0.3, -0.25) is 4.79 Å². The van der Waals surface area contributed by atoms with Crippen molar-refractivity contribution in [2.75, 3.05) is 6.67 Å². The number of halogens is 1. The van der Waals surface area contributed by atoms with Gasteiger partial charge in [0.25, 0.3) is 5.91 Å². The third-order valence-corrected chi connectivity index (χ3v) is 3.26. The van der Waals surface area contributed by atoms with Crippen molar-refractivity contribution in [2.45, 2.75) is 30.0 Å². The highest BCUT2D eigenvalue weighted by atomic mass is 32.2. The van der Waals surface area contributed by atoms with Gasteiger partial charge in [-0.2, -0.15) is 0 Å². The van der Waals surface area contributed by atoms with Crippen LogP contribution in [0.5, 0.6) is 0 Å². The van der Waals surface area contributed by atoms with E-state index in [1.807, 2.05) is 0 Å². The van der Waals surface area contributed by atoms with Crippen LogP contribution in [0.15, 0.2) is 29.2 Å². The van der Waals surface area contributed by atoms with Crippen molar-refractivity contribution in [2.24, 2.45) is 0 Å². The van der Waals surface area contributed by atoms with Crippen molar-refractivity contribution in [3.8, 4) is 0 Å². The molecule has 1 atom stereocenters. The van der Waals surface area contributed by atoms with E-state index in [1.165, 1.54) is 0 Å². The zero-order valence-electron chi connectivity index (χ0n) is 10.7. The van der Waals surface area contributed by atoms with Crippen LogP contribution in [0, 0.1) is 0 Å². The Morgan fingerprint density at radius 1 is 1.32 bits per heavy atom. The number of aliphatic carboxylic acids is 1. The maximum absolute atomic E-state index is 12.4. The van der Waals surface area contributed by atoms with Gasteiger partial charge in [-0.15, -0.1) is 11.8 Å². The number of nitrogens with one attached hydrogen (secondary N) is 1. The van der Waals surface area contributed by atoms with Gasteiger partial charge in [0, 0.05) is 15.7 Å². The molecule has 2 N–H and O–H groups in total. The van der Waals surface area contributed by atoms with Crippen LogP contribution in [0.3, 0.4) is 0 Å². The summed E-state index contributed by atoms with van der Waals surface area (Å²) in [5.74, 6) is -1.98. The molecule has 0 heterocycles. The number of thioether (sulfide) groups is 1. The zero-order chi connectivity index (χ0) is 14.4. The Hall–Kier alpha value is -1.56. The van der Waals surface area contributed by atoms with Crippen molar-refractivity contribution < 1.29 is 19.1 Å². The first-order valence-corrected chi connectivity index (χ1v) is 6.68. The second kappa shape index (κ2) is 7.13. The molecule has 0 aliphatic heterocycles. The topological polar surface area (TPSA) is 66.4 Å². The van der Waals surface area contributed by atoms with E-state index in [0.717, 1.165) is 4.90 Å². The molecule has 1 rings (SSSR count). The third-order valence-electron chi connectivity index (χ3n) is 2.25. The molecule has 0 bridgehead atoms. The van der Waals surface area contributed by atoms with Gasteiger partial charge in [-0.25, -0.2) is 9.18 Å². The average Bonchev–Trinajstić information content (AvgIpc) is 2.35. The van der Waals surface area contributed by atoms with E-state index < -0.39 is 24.6 Å². The molecule has 0 saturated heterocycles. The Balaban J connectivity index is 2.70. The zero-order valence-corrected chi connectivity index (χ0v) is 11.5. The summed E-state index contributed by atoms with van der Waals surface area (Å²) in [6.07, 6.45) is 0. The number of hydrogen-bond donors (Lipinski definition) is 2. The summed E-state index contributed by atoms with van der Waals surface area (Å²) < 4.78 is 12.4. The fourth-order valence-corrected chi connectivity index (χ4v) is 2.20. The Kier molecular flexibility index (Phi) is 5.82. The fourth-order valence-electron chi connectivity index (χ4n) is 1.36. The molecule has 0 aromatic heterocycles. The number of benzene rings is 1. The standard InChI is InChI=1S/C13H16FNO3S/c1-8(2)19-10-5-3-9(4-6-10)12(16)15-11(7-14)13(17)18/h3-6,8,11H,7H2,1-2H3,(H,15,16)(H,17,18). The molecule has 0 aliphatic rings. The lowest BCUT2D eigenvalue weighted by Gasteiger charge is -2.11. The van der Waals surface area contributed by atoms with Gasteiger partial charge in [-0.1, -0.05) is 13.8 Å². The molecule has 0 radical (unpaired) electrons. The van der Waals surface area contributed by atoms with Gasteiger partial charge in [0.15, 0.2) is 6.04 Å². The van der Waals surface area contributed by atoms with Crippen LogP contribution < -0.4 is 5.32 Å². The number of carbonyl (C=O) groups is 2. The summed E-state index contributed by atoms with van der Waals surface area (Å²) in [5.41, 5.74) is 0.313. The number of rotatable bonds is 6. The van der Waals surface area contributed by atoms with Crippen molar-refractivity contribution >= 4 is 23.6 Å². The Morgan fingerprint density at radius 2 is 1.89 bits per heavy atom. The summed E-state index contributed by atoms with van der Waals surface area (Å²) >= 11 is 1.66. The molecule has 104 valence electrons. The molecular formula is C13H16FNO3S. The second-order valence-corrected chi connectivity index (χ2v) is 5.86. The molecule has 0 spiro atoms. The molecule has 1 unspecified atom stereocenters. The molecular weight excluding hydrogens is 269 g/mol. The van der Waals surface area contributed by atoms with Crippen LogP contribution in [-0.2, 0) is 4.79 Å². The van der Waals surface area contributed by atoms with Crippen molar-refractivity contribution in [1.82, 2.24) is 5.32 Å². The summed E-state index contributed by atoms with van der Waals surface area (Å²) in [6, 6.07) is 5.25.